The zero-order valence-electron chi connectivity index (χ0n) is 10.4. The van der Waals surface area contributed by atoms with Crippen LogP contribution in [0.25, 0.3) is 0 Å². The van der Waals surface area contributed by atoms with Crippen molar-refractivity contribution in [2.75, 3.05) is 20.3 Å². The van der Waals surface area contributed by atoms with E-state index in [1.54, 1.807) is 7.11 Å². The molecule has 4 heteroatoms. The van der Waals surface area contributed by atoms with Gasteiger partial charge in [0.1, 0.15) is 0 Å². The summed E-state index contributed by atoms with van der Waals surface area (Å²) in [6.07, 6.45) is 3.96. The van der Waals surface area contributed by atoms with Crippen LogP contribution in [0, 0.1) is 11.8 Å². The normalized spacial score (nSPS) is 22.9. The molecule has 1 heterocycles. The molecule has 0 unspecified atom stereocenters. The molecule has 1 atom stereocenters. The van der Waals surface area contributed by atoms with Crippen molar-refractivity contribution in [1.29, 1.82) is 0 Å². The second-order valence-corrected chi connectivity index (χ2v) is 4.88. The van der Waals surface area contributed by atoms with Crippen molar-refractivity contribution < 1.29 is 14.3 Å². The predicted octanol–water partition coefficient (Wildman–Crippen LogP) is 1.47. The van der Waals surface area contributed by atoms with Crippen molar-refractivity contribution in [3.8, 4) is 0 Å². The summed E-state index contributed by atoms with van der Waals surface area (Å²) in [5.74, 6) is 1.43. The predicted molar refractivity (Wildman–Crippen MR) is 64.3 cm³/mol. The molecule has 0 aromatic rings. The molecule has 1 aliphatic carbocycles. The van der Waals surface area contributed by atoms with E-state index in [1.807, 2.05) is 0 Å². The maximum atomic E-state index is 12.3. The molecule has 96 valence electrons. The fraction of sp³-hybridized carbons (Fsp3) is 0.769. The Morgan fingerprint density at radius 2 is 2.00 bits per heavy atom. The summed E-state index contributed by atoms with van der Waals surface area (Å²) in [7, 11) is 1.57. The van der Waals surface area contributed by atoms with Gasteiger partial charge in [-0.3, -0.25) is 4.79 Å². The largest absolute Gasteiger partial charge is 0.483 e. The van der Waals surface area contributed by atoms with Gasteiger partial charge in [-0.05, 0) is 38.2 Å². The third-order valence-corrected chi connectivity index (χ3v) is 3.59. The zero-order valence-corrected chi connectivity index (χ0v) is 10.4. The van der Waals surface area contributed by atoms with E-state index < -0.39 is 0 Å². The maximum Gasteiger partial charge on any atom is 0.179 e. The third kappa shape index (κ3) is 3.22. The molecule has 0 aromatic heterocycles. The number of nitrogens with one attached hydrogen (secondary N) is 1. The van der Waals surface area contributed by atoms with E-state index >= 15 is 0 Å². The molecule has 2 aliphatic rings. The first-order valence-corrected chi connectivity index (χ1v) is 6.33. The van der Waals surface area contributed by atoms with Gasteiger partial charge in [0.05, 0.1) is 13.2 Å². The van der Waals surface area contributed by atoms with Crippen LogP contribution in [-0.4, -0.2) is 32.1 Å². The lowest BCUT2D eigenvalue weighted by molar-refractivity contribution is -0.124. The minimum atomic E-state index is -0.140. The number of ketones is 1. The van der Waals surface area contributed by atoms with Crippen molar-refractivity contribution >= 4 is 5.78 Å². The van der Waals surface area contributed by atoms with Crippen molar-refractivity contribution in [2.24, 2.45) is 11.8 Å². The molecule has 0 spiro atoms. The van der Waals surface area contributed by atoms with Gasteiger partial charge in [-0.25, -0.2) is 0 Å². The van der Waals surface area contributed by atoms with Crippen molar-refractivity contribution in [1.82, 2.24) is 5.32 Å². The Balaban J connectivity index is 1.99. The Bertz CT molecular complexity index is 293. The van der Waals surface area contributed by atoms with Crippen molar-refractivity contribution in [3.05, 3.63) is 12.5 Å². The van der Waals surface area contributed by atoms with E-state index in [2.05, 4.69) is 11.9 Å². The molecule has 1 saturated heterocycles. The fourth-order valence-electron chi connectivity index (χ4n) is 2.32. The number of hydrogen-bond acceptors (Lipinski definition) is 4. The van der Waals surface area contributed by atoms with Gasteiger partial charge in [0.15, 0.2) is 11.7 Å². The molecule has 0 radical (unpaired) electrons. The van der Waals surface area contributed by atoms with Crippen LogP contribution in [0.5, 0.6) is 0 Å². The average Bonchev–Trinajstić information content (AvgIpc) is 3.20. The van der Waals surface area contributed by atoms with Crippen molar-refractivity contribution in [3.63, 3.8) is 0 Å². The minimum absolute atomic E-state index is 0.140. The summed E-state index contributed by atoms with van der Waals surface area (Å²) in [6, 6.07) is -0.140. The molecule has 0 aromatic carbocycles. The minimum Gasteiger partial charge on any atom is -0.483 e. The molecule has 0 bridgehead atoms. The first kappa shape index (κ1) is 12.4. The van der Waals surface area contributed by atoms with Crippen LogP contribution in [0.3, 0.4) is 0 Å². The Morgan fingerprint density at radius 3 is 2.53 bits per heavy atom. The van der Waals surface area contributed by atoms with Gasteiger partial charge in [0, 0.05) is 19.1 Å². The lowest BCUT2D eigenvalue weighted by atomic mass is 9.87. The lowest BCUT2D eigenvalue weighted by Crippen LogP contribution is -2.45. The highest BCUT2D eigenvalue weighted by Gasteiger charge is 2.39. The van der Waals surface area contributed by atoms with E-state index in [-0.39, 0.29) is 12.0 Å². The second kappa shape index (κ2) is 5.54. The highest BCUT2D eigenvalue weighted by Crippen LogP contribution is 2.34. The Morgan fingerprint density at radius 1 is 1.35 bits per heavy atom. The molecule has 1 aliphatic heterocycles. The van der Waals surface area contributed by atoms with E-state index in [4.69, 9.17) is 9.47 Å². The molecule has 0 amide bonds. The second-order valence-electron chi connectivity index (χ2n) is 4.88. The standard InChI is InChI=1S/C13H21NO3/c1-9(16-2)14-12(13(15)11-3-4-11)10-5-7-17-8-6-10/h10-12,14H,1,3-8H2,2H3/t12-/m0/s1. The van der Waals surface area contributed by atoms with Crippen LogP contribution in [-0.2, 0) is 14.3 Å². The fourth-order valence-corrected chi connectivity index (χ4v) is 2.32. The van der Waals surface area contributed by atoms with E-state index in [9.17, 15) is 4.79 Å². The topological polar surface area (TPSA) is 47.6 Å². The van der Waals surface area contributed by atoms with E-state index in [1.165, 1.54) is 0 Å². The van der Waals surface area contributed by atoms with E-state index in [0.717, 1.165) is 38.9 Å². The number of Topliss-reactive ketones (excluding diaryl/α,β-unsaturated/α-hetero) is 1. The van der Waals surface area contributed by atoms with E-state index in [0.29, 0.717) is 17.6 Å². The summed E-state index contributed by atoms with van der Waals surface area (Å²) >= 11 is 0. The van der Waals surface area contributed by atoms with Gasteiger partial charge in [-0.1, -0.05) is 0 Å². The third-order valence-electron chi connectivity index (χ3n) is 3.59. The Labute approximate surface area is 102 Å². The van der Waals surface area contributed by atoms with Gasteiger partial charge in [0.2, 0.25) is 0 Å². The van der Waals surface area contributed by atoms with Gasteiger partial charge >= 0.3 is 0 Å². The Hall–Kier alpha value is -1.03. The first-order chi connectivity index (χ1) is 8.22. The number of carbonyl (C=O) groups excluding carboxylic acids is 1. The molecule has 2 rings (SSSR count). The Kier molecular flexibility index (Phi) is 4.05. The summed E-state index contributed by atoms with van der Waals surface area (Å²) in [5, 5.41) is 3.14. The molecule has 2 fully saturated rings. The number of hydrogen-bond donors (Lipinski definition) is 1. The smallest absolute Gasteiger partial charge is 0.179 e. The SMILES string of the molecule is C=C(N[C@H](C(=O)C1CC1)C1CCOCC1)OC. The highest BCUT2D eigenvalue weighted by atomic mass is 16.5. The quantitative estimate of drug-likeness (QED) is 0.713. The van der Waals surface area contributed by atoms with Crippen LogP contribution < -0.4 is 5.32 Å². The number of ether oxygens (including phenoxy) is 2. The van der Waals surface area contributed by atoms with Crippen LogP contribution >= 0.6 is 0 Å². The molecule has 17 heavy (non-hydrogen) atoms. The van der Waals surface area contributed by atoms with Gasteiger partial charge in [-0.15, -0.1) is 0 Å². The molecular formula is C13H21NO3. The summed E-state index contributed by atoms with van der Waals surface area (Å²) < 4.78 is 10.4. The van der Waals surface area contributed by atoms with Crippen LogP contribution in [0.15, 0.2) is 12.5 Å². The average molecular weight is 239 g/mol. The summed E-state index contributed by atoms with van der Waals surface area (Å²) in [5.41, 5.74) is 0. The van der Waals surface area contributed by atoms with Crippen LogP contribution in [0.1, 0.15) is 25.7 Å². The van der Waals surface area contributed by atoms with Gasteiger partial charge < -0.3 is 14.8 Å². The van der Waals surface area contributed by atoms with Crippen molar-refractivity contribution in [2.45, 2.75) is 31.7 Å². The molecule has 1 saturated carbocycles. The summed E-state index contributed by atoms with van der Waals surface area (Å²) in [4.78, 5) is 12.3. The van der Waals surface area contributed by atoms with Crippen LogP contribution in [0.2, 0.25) is 0 Å². The molecule has 4 nitrogen and oxygen atoms in total. The maximum absolute atomic E-state index is 12.3. The molecule has 1 N–H and O–H groups in total. The summed E-state index contributed by atoms with van der Waals surface area (Å²) in [6.45, 7) is 5.25. The van der Waals surface area contributed by atoms with Gasteiger partial charge in [0.25, 0.3) is 0 Å². The van der Waals surface area contributed by atoms with Gasteiger partial charge in [-0.2, -0.15) is 0 Å². The lowest BCUT2D eigenvalue weighted by Gasteiger charge is -2.30. The zero-order chi connectivity index (χ0) is 12.3. The van der Waals surface area contributed by atoms with Crippen LogP contribution in [0.4, 0.5) is 0 Å². The first-order valence-electron chi connectivity index (χ1n) is 6.33. The number of methoxy groups -OCH3 is 1. The number of rotatable bonds is 6. The highest BCUT2D eigenvalue weighted by molar-refractivity contribution is 5.88. The molecular weight excluding hydrogens is 218 g/mol. The number of carbonyl (C=O) groups is 1. The monoisotopic (exact) mass is 239 g/mol.